The Morgan fingerprint density at radius 1 is 1.03 bits per heavy atom. The number of carbonyl (C=O) groups excluding carboxylic acids is 2. The number of hydrogen-bond acceptors (Lipinski definition) is 6. The third-order valence-corrected chi connectivity index (χ3v) is 8.02. The minimum absolute atomic E-state index is 0.0626. The van der Waals surface area contributed by atoms with Gasteiger partial charge in [0.15, 0.2) is 6.61 Å². The van der Waals surface area contributed by atoms with E-state index in [-0.39, 0.29) is 36.4 Å². The summed E-state index contributed by atoms with van der Waals surface area (Å²) in [6.45, 7) is 0.317. The first kappa shape index (κ1) is 22.8. The molecule has 6 nitrogen and oxygen atoms in total. The van der Waals surface area contributed by atoms with Gasteiger partial charge in [0.1, 0.15) is 5.75 Å². The van der Waals surface area contributed by atoms with Crippen molar-refractivity contribution in [2.75, 3.05) is 13.7 Å². The summed E-state index contributed by atoms with van der Waals surface area (Å²) >= 11 is 1.67. The second-order valence-corrected chi connectivity index (χ2v) is 10.3. The van der Waals surface area contributed by atoms with Gasteiger partial charge in [-0.1, -0.05) is 37.1 Å². The lowest BCUT2D eigenvalue weighted by Crippen LogP contribution is -2.37. The number of amides is 1. The summed E-state index contributed by atoms with van der Waals surface area (Å²) in [5, 5.41) is 1.01. The number of methoxy groups -OCH3 is 1. The van der Waals surface area contributed by atoms with Crippen LogP contribution in [0.25, 0.3) is 10.2 Å². The number of rotatable bonds is 8. The van der Waals surface area contributed by atoms with Crippen LogP contribution in [-0.4, -0.2) is 41.5 Å². The number of ether oxygens (including phenoxy) is 2. The summed E-state index contributed by atoms with van der Waals surface area (Å²) in [4.78, 5) is 32.8. The van der Waals surface area contributed by atoms with E-state index in [2.05, 4.69) is 6.07 Å². The second kappa shape index (κ2) is 10.1. The maximum absolute atomic E-state index is 13.1. The monoisotopic (exact) mass is 478 g/mol. The van der Waals surface area contributed by atoms with Crippen molar-refractivity contribution >= 4 is 33.4 Å². The Balaban J connectivity index is 1.22. The first-order valence-electron chi connectivity index (χ1n) is 12.1. The van der Waals surface area contributed by atoms with Crippen molar-refractivity contribution in [1.82, 2.24) is 9.88 Å². The van der Waals surface area contributed by atoms with Crippen LogP contribution in [0.5, 0.6) is 5.75 Å². The molecule has 0 N–H and O–H groups in total. The smallest absolute Gasteiger partial charge is 0.310 e. The number of hydrogen-bond donors (Lipinski definition) is 0. The topological polar surface area (TPSA) is 68.7 Å². The molecular formula is C27H30N2O4S. The Hall–Kier alpha value is -2.93. The van der Waals surface area contributed by atoms with Crippen molar-refractivity contribution in [3.8, 4) is 5.75 Å². The Bertz CT molecular complexity index is 1120. The van der Waals surface area contributed by atoms with E-state index in [1.807, 2.05) is 47.4 Å². The molecule has 2 atom stereocenters. The number of esters is 1. The molecule has 0 radical (unpaired) electrons. The van der Waals surface area contributed by atoms with E-state index in [1.54, 1.807) is 18.4 Å². The van der Waals surface area contributed by atoms with Gasteiger partial charge in [-0.15, -0.1) is 11.3 Å². The minimum Gasteiger partial charge on any atom is -0.497 e. The van der Waals surface area contributed by atoms with Crippen molar-refractivity contribution in [3.63, 3.8) is 0 Å². The maximum atomic E-state index is 13.1. The molecule has 2 saturated carbocycles. The Morgan fingerprint density at radius 3 is 2.53 bits per heavy atom. The van der Waals surface area contributed by atoms with Gasteiger partial charge in [-0.05, 0) is 55.5 Å². The van der Waals surface area contributed by atoms with Gasteiger partial charge in [0, 0.05) is 18.5 Å². The molecule has 2 unspecified atom stereocenters. The molecule has 1 aromatic heterocycles. The molecule has 2 aliphatic rings. The molecule has 2 aromatic carbocycles. The van der Waals surface area contributed by atoms with Gasteiger partial charge in [-0.25, -0.2) is 4.98 Å². The summed E-state index contributed by atoms with van der Waals surface area (Å²) in [6, 6.07) is 16.1. The fraction of sp³-hybridized carbons (Fsp3) is 0.444. The van der Waals surface area contributed by atoms with E-state index >= 15 is 0 Å². The van der Waals surface area contributed by atoms with Crippen LogP contribution < -0.4 is 4.74 Å². The number of benzene rings is 2. The minimum atomic E-state index is -0.266. The van der Waals surface area contributed by atoms with Gasteiger partial charge in [-0.3, -0.25) is 9.59 Å². The van der Waals surface area contributed by atoms with Crippen molar-refractivity contribution in [2.45, 2.75) is 57.0 Å². The lowest BCUT2D eigenvalue weighted by molar-refractivity contribution is -0.157. The largest absolute Gasteiger partial charge is 0.497 e. The van der Waals surface area contributed by atoms with E-state index < -0.39 is 0 Å². The first-order chi connectivity index (χ1) is 16.6. The van der Waals surface area contributed by atoms with Crippen LogP contribution in [0.4, 0.5) is 0 Å². The van der Waals surface area contributed by atoms with Crippen LogP contribution in [0.3, 0.4) is 0 Å². The molecule has 0 aliphatic heterocycles. The third kappa shape index (κ3) is 5.09. The van der Waals surface area contributed by atoms with Crippen LogP contribution in [0, 0.1) is 5.92 Å². The number of fused-ring (bicyclic) bond motifs is 1. The van der Waals surface area contributed by atoms with Crippen molar-refractivity contribution < 1.29 is 19.1 Å². The molecule has 34 heavy (non-hydrogen) atoms. The standard InChI is InChI=1S/C27H30N2O4S/c1-32-20-14-10-18(11-15-20)16-29(19-12-13-19)25(30)17-33-27(31)22-7-3-2-6-21(22)26-28-23-8-4-5-9-24(23)34-26/h4-5,8-11,14-15,19,21-22H,2-3,6-7,12-13,16-17H2,1H3. The van der Waals surface area contributed by atoms with E-state index in [1.165, 1.54) is 0 Å². The summed E-state index contributed by atoms with van der Waals surface area (Å²) < 4.78 is 12.0. The normalized spacial score (nSPS) is 20.1. The van der Waals surface area contributed by atoms with Crippen LogP contribution >= 0.6 is 11.3 Å². The highest BCUT2D eigenvalue weighted by molar-refractivity contribution is 7.18. The van der Waals surface area contributed by atoms with Crippen molar-refractivity contribution in [2.24, 2.45) is 5.92 Å². The van der Waals surface area contributed by atoms with E-state index in [0.717, 1.165) is 65.1 Å². The molecule has 0 saturated heterocycles. The maximum Gasteiger partial charge on any atom is 0.310 e. The molecule has 0 bridgehead atoms. The van der Waals surface area contributed by atoms with Gasteiger partial charge in [0.25, 0.3) is 5.91 Å². The zero-order valence-corrected chi connectivity index (χ0v) is 20.3. The van der Waals surface area contributed by atoms with Crippen LogP contribution in [0.2, 0.25) is 0 Å². The number of aromatic nitrogens is 1. The van der Waals surface area contributed by atoms with Gasteiger partial charge >= 0.3 is 5.97 Å². The third-order valence-electron chi connectivity index (χ3n) is 6.85. The number of nitrogens with zero attached hydrogens (tertiary/aromatic N) is 2. The Kier molecular flexibility index (Phi) is 6.81. The lowest BCUT2D eigenvalue weighted by Gasteiger charge is -2.29. The summed E-state index contributed by atoms with van der Waals surface area (Å²) in [6.07, 6.45) is 5.79. The zero-order chi connectivity index (χ0) is 23.5. The molecule has 2 fully saturated rings. The van der Waals surface area contributed by atoms with E-state index in [0.29, 0.717) is 6.54 Å². The zero-order valence-electron chi connectivity index (χ0n) is 19.4. The molecule has 7 heteroatoms. The SMILES string of the molecule is COc1ccc(CN(C(=O)COC(=O)C2CCCCC2c2nc3ccccc3s2)C2CC2)cc1. The fourth-order valence-electron chi connectivity index (χ4n) is 4.81. The average molecular weight is 479 g/mol. The van der Waals surface area contributed by atoms with Crippen LogP contribution in [0.1, 0.15) is 55.0 Å². The highest BCUT2D eigenvalue weighted by Gasteiger charge is 2.37. The highest BCUT2D eigenvalue weighted by Crippen LogP contribution is 2.41. The predicted molar refractivity (Wildman–Crippen MR) is 132 cm³/mol. The highest BCUT2D eigenvalue weighted by atomic mass is 32.1. The lowest BCUT2D eigenvalue weighted by atomic mass is 9.79. The molecule has 0 spiro atoms. The molecule has 1 amide bonds. The average Bonchev–Trinajstić information content (AvgIpc) is 3.63. The number of para-hydroxylation sites is 1. The summed E-state index contributed by atoms with van der Waals surface area (Å²) in [7, 11) is 1.64. The van der Waals surface area contributed by atoms with Gasteiger partial charge in [-0.2, -0.15) is 0 Å². The first-order valence-corrected chi connectivity index (χ1v) is 12.9. The Morgan fingerprint density at radius 2 is 1.79 bits per heavy atom. The summed E-state index contributed by atoms with van der Waals surface area (Å²) in [5.41, 5.74) is 2.02. The molecule has 1 heterocycles. The molecule has 178 valence electrons. The Labute approximate surface area is 203 Å². The molecule has 3 aromatic rings. The van der Waals surface area contributed by atoms with Gasteiger partial charge in [0.05, 0.1) is 28.3 Å². The van der Waals surface area contributed by atoms with Crippen molar-refractivity contribution in [1.29, 1.82) is 0 Å². The molecular weight excluding hydrogens is 448 g/mol. The van der Waals surface area contributed by atoms with Crippen LogP contribution in [0.15, 0.2) is 48.5 Å². The molecule has 2 aliphatic carbocycles. The quantitative estimate of drug-likeness (QED) is 0.410. The fourth-order valence-corrected chi connectivity index (χ4v) is 5.98. The summed E-state index contributed by atoms with van der Waals surface area (Å²) in [5.74, 6) is 0.222. The number of carbonyl (C=O) groups is 2. The number of thiazole rings is 1. The van der Waals surface area contributed by atoms with Crippen molar-refractivity contribution in [3.05, 3.63) is 59.1 Å². The van der Waals surface area contributed by atoms with Crippen LogP contribution in [-0.2, 0) is 20.9 Å². The van der Waals surface area contributed by atoms with E-state index in [9.17, 15) is 9.59 Å². The van der Waals surface area contributed by atoms with E-state index in [4.69, 9.17) is 14.5 Å². The molecule has 5 rings (SSSR count). The second-order valence-electron chi connectivity index (χ2n) is 9.23. The van der Waals surface area contributed by atoms with Gasteiger partial charge < -0.3 is 14.4 Å². The van der Waals surface area contributed by atoms with Gasteiger partial charge in [0.2, 0.25) is 0 Å². The predicted octanol–water partition coefficient (Wildman–Crippen LogP) is 5.31.